The molecule has 0 saturated heterocycles. The lowest BCUT2D eigenvalue weighted by molar-refractivity contribution is -0.642. The van der Waals surface area contributed by atoms with Crippen molar-refractivity contribution in [3.8, 4) is 0 Å². The Labute approximate surface area is 122 Å². The van der Waals surface area contributed by atoms with Crippen molar-refractivity contribution in [3.63, 3.8) is 0 Å². The van der Waals surface area contributed by atoms with Crippen LogP contribution in [0.5, 0.6) is 0 Å². The minimum absolute atomic E-state index is 0.311. The predicted octanol–water partition coefficient (Wildman–Crippen LogP) is 2.70. The fourth-order valence-corrected chi connectivity index (χ4v) is 3.86. The van der Waals surface area contributed by atoms with Gasteiger partial charge in [-0.1, -0.05) is 30.4 Å². The van der Waals surface area contributed by atoms with Crippen LogP contribution in [-0.2, 0) is 7.05 Å². The largest absolute Gasteiger partial charge is 0.509 e. The SMILES string of the molecule is CCCN1CC(O)=C(c2sc3ccccc3[n+]2C)C1=N. The highest BCUT2D eigenvalue weighted by Gasteiger charge is 2.34. The molecule has 0 fully saturated rings. The van der Waals surface area contributed by atoms with Crippen LogP contribution in [0, 0.1) is 5.41 Å². The van der Waals surface area contributed by atoms with E-state index in [0.717, 1.165) is 23.5 Å². The number of benzene rings is 1. The summed E-state index contributed by atoms with van der Waals surface area (Å²) in [6.07, 6.45) is 0.974. The number of fused-ring (bicyclic) bond motifs is 1. The van der Waals surface area contributed by atoms with Crippen molar-refractivity contribution in [1.29, 1.82) is 5.41 Å². The van der Waals surface area contributed by atoms with Gasteiger partial charge >= 0.3 is 0 Å². The van der Waals surface area contributed by atoms with E-state index in [0.29, 0.717) is 23.7 Å². The summed E-state index contributed by atoms with van der Waals surface area (Å²) in [4.78, 5) is 1.93. The lowest BCUT2D eigenvalue weighted by Crippen LogP contribution is -2.33. The maximum absolute atomic E-state index is 10.2. The highest BCUT2D eigenvalue weighted by Crippen LogP contribution is 2.31. The van der Waals surface area contributed by atoms with Crippen LogP contribution >= 0.6 is 11.3 Å². The number of amidine groups is 1. The van der Waals surface area contributed by atoms with Crippen LogP contribution in [0.15, 0.2) is 30.0 Å². The second-order valence-corrected chi connectivity index (χ2v) is 6.06. The Morgan fingerprint density at radius 3 is 2.85 bits per heavy atom. The number of aromatic nitrogens is 1. The van der Waals surface area contributed by atoms with Crippen molar-refractivity contribution in [2.75, 3.05) is 13.1 Å². The summed E-state index contributed by atoms with van der Waals surface area (Å²) in [5, 5.41) is 19.5. The first-order valence-corrected chi connectivity index (χ1v) is 7.59. The zero-order chi connectivity index (χ0) is 14.3. The minimum atomic E-state index is 0.311. The molecule has 1 aliphatic rings. The van der Waals surface area contributed by atoms with Gasteiger partial charge in [0.2, 0.25) is 5.52 Å². The van der Waals surface area contributed by atoms with Crippen molar-refractivity contribution in [2.24, 2.45) is 7.05 Å². The number of thiazole rings is 1. The Morgan fingerprint density at radius 1 is 1.40 bits per heavy atom. The molecule has 0 spiro atoms. The molecule has 3 rings (SSSR count). The van der Waals surface area contributed by atoms with Crippen LogP contribution in [0.4, 0.5) is 0 Å². The van der Waals surface area contributed by atoms with E-state index in [-0.39, 0.29) is 0 Å². The fraction of sp³-hybridized carbons (Fsp3) is 0.333. The lowest BCUT2D eigenvalue weighted by atomic mass is 10.2. The van der Waals surface area contributed by atoms with Crippen LogP contribution < -0.4 is 4.57 Å². The van der Waals surface area contributed by atoms with Crippen molar-refractivity contribution in [3.05, 3.63) is 35.0 Å². The topological polar surface area (TPSA) is 51.2 Å². The third-order valence-electron chi connectivity index (χ3n) is 3.63. The normalized spacial score (nSPS) is 15.7. The van der Waals surface area contributed by atoms with E-state index in [9.17, 15) is 5.11 Å². The number of nitrogens with one attached hydrogen (secondary N) is 1. The molecule has 0 aliphatic carbocycles. The van der Waals surface area contributed by atoms with Crippen LogP contribution in [0.1, 0.15) is 18.4 Å². The Balaban J connectivity index is 2.09. The molecule has 1 aromatic carbocycles. The van der Waals surface area contributed by atoms with Gasteiger partial charge in [0, 0.05) is 12.6 Å². The van der Waals surface area contributed by atoms with Crippen LogP contribution in [0.25, 0.3) is 15.8 Å². The second kappa shape index (κ2) is 4.90. The van der Waals surface area contributed by atoms with E-state index in [1.54, 1.807) is 11.3 Å². The van der Waals surface area contributed by atoms with E-state index < -0.39 is 0 Å². The van der Waals surface area contributed by atoms with Gasteiger partial charge in [-0.3, -0.25) is 5.41 Å². The maximum Gasteiger partial charge on any atom is 0.277 e. The van der Waals surface area contributed by atoms with Gasteiger partial charge in [0.25, 0.3) is 5.01 Å². The first-order chi connectivity index (χ1) is 9.63. The average Bonchev–Trinajstić information content (AvgIpc) is 2.89. The minimum Gasteiger partial charge on any atom is -0.509 e. The monoisotopic (exact) mass is 288 g/mol. The van der Waals surface area contributed by atoms with Gasteiger partial charge in [-0.15, -0.1) is 0 Å². The Morgan fingerprint density at radius 2 is 2.15 bits per heavy atom. The zero-order valence-corrected chi connectivity index (χ0v) is 12.5. The molecule has 2 heterocycles. The quantitative estimate of drug-likeness (QED) is 0.853. The maximum atomic E-state index is 10.2. The smallest absolute Gasteiger partial charge is 0.277 e. The molecule has 4 nitrogen and oxygen atoms in total. The molecule has 0 unspecified atom stereocenters. The molecule has 0 bridgehead atoms. The lowest BCUT2D eigenvalue weighted by Gasteiger charge is -2.16. The number of rotatable bonds is 3. The Kier molecular flexibility index (Phi) is 3.22. The van der Waals surface area contributed by atoms with Gasteiger partial charge < -0.3 is 10.0 Å². The summed E-state index contributed by atoms with van der Waals surface area (Å²) in [5.41, 5.74) is 1.82. The fourth-order valence-electron chi connectivity index (χ4n) is 2.64. The first kappa shape index (κ1) is 13.1. The van der Waals surface area contributed by atoms with Crippen molar-refractivity contribution >= 4 is 33.0 Å². The predicted molar refractivity (Wildman–Crippen MR) is 82.1 cm³/mol. The molecular formula is C15H18N3OS+. The van der Waals surface area contributed by atoms with E-state index in [4.69, 9.17) is 5.41 Å². The van der Waals surface area contributed by atoms with E-state index >= 15 is 0 Å². The van der Waals surface area contributed by atoms with Gasteiger partial charge in [-0.05, 0) is 12.5 Å². The standard InChI is InChI=1S/C15H17N3OS/c1-3-8-18-9-11(19)13(14(18)16)15-17(2)10-6-4-5-7-12(10)20-15/h4-7,16H,3,8-9H2,1-2H3/p+1. The van der Waals surface area contributed by atoms with Gasteiger partial charge in [0.15, 0.2) is 0 Å². The molecule has 0 amide bonds. The van der Waals surface area contributed by atoms with Crippen molar-refractivity contribution in [2.45, 2.75) is 13.3 Å². The molecule has 104 valence electrons. The van der Waals surface area contributed by atoms with Gasteiger partial charge in [0.05, 0.1) is 6.54 Å². The summed E-state index contributed by atoms with van der Waals surface area (Å²) in [6, 6.07) is 8.16. The third kappa shape index (κ3) is 1.89. The molecule has 20 heavy (non-hydrogen) atoms. The Bertz CT molecular complexity index is 717. The summed E-state index contributed by atoms with van der Waals surface area (Å²) < 4.78 is 3.24. The van der Waals surface area contributed by atoms with E-state index in [2.05, 4.69) is 23.6 Å². The number of aliphatic hydroxyl groups excluding tert-OH is 1. The molecule has 5 heteroatoms. The Hall–Kier alpha value is -1.88. The average molecular weight is 288 g/mol. The summed E-state index contributed by atoms with van der Waals surface area (Å²) >= 11 is 1.63. The second-order valence-electron chi connectivity index (χ2n) is 5.03. The van der Waals surface area contributed by atoms with E-state index in [1.165, 1.54) is 4.70 Å². The number of hydrogen-bond donors (Lipinski definition) is 2. The molecule has 0 saturated carbocycles. The molecule has 2 N–H and O–H groups in total. The van der Waals surface area contributed by atoms with Crippen molar-refractivity contribution in [1.82, 2.24) is 4.90 Å². The number of nitrogens with zero attached hydrogens (tertiary/aromatic N) is 2. The molecule has 0 atom stereocenters. The van der Waals surface area contributed by atoms with Crippen LogP contribution in [0.2, 0.25) is 0 Å². The summed E-state index contributed by atoms with van der Waals surface area (Å²) in [6.45, 7) is 3.35. The molecule has 0 radical (unpaired) electrons. The first-order valence-electron chi connectivity index (χ1n) is 6.77. The zero-order valence-electron chi connectivity index (χ0n) is 11.7. The van der Waals surface area contributed by atoms with Crippen LogP contribution in [0.3, 0.4) is 0 Å². The molecular weight excluding hydrogens is 270 g/mol. The number of hydrogen-bond acceptors (Lipinski definition) is 3. The summed E-state index contributed by atoms with van der Waals surface area (Å²) in [7, 11) is 1.99. The van der Waals surface area contributed by atoms with Gasteiger partial charge in [-0.2, -0.15) is 4.57 Å². The number of aryl methyl sites for hydroxylation is 1. The van der Waals surface area contributed by atoms with Crippen molar-refractivity contribution < 1.29 is 9.67 Å². The molecule has 2 aromatic rings. The summed E-state index contributed by atoms with van der Waals surface area (Å²) in [5.74, 6) is 0.747. The highest BCUT2D eigenvalue weighted by atomic mass is 32.1. The molecule has 1 aliphatic heterocycles. The number of aliphatic hydroxyl groups is 1. The van der Waals surface area contributed by atoms with E-state index in [1.807, 2.05) is 24.1 Å². The highest BCUT2D eigenvalue weighted by molar-refractivity contribution is 7.19. The van der Waals surface area contributed by atoms with Gasteiger partial charge in [-0.25, -0.2) is 0 Å². The van der Waals surface area contributed by atoms with Gasteiger partial charge in [0.1, 0.15) is 28.9 Å². The number of para-hydroxylation sites is 1. The van der Waals surface area contributed by atoms with Crippen LogP contribution in [-0.4, -0.2) is 28.9 Å². The third-order valence-corrected chi connectivity index (χ3v) is 4.86. The molecule has 1 aromatic heterocycles.